The van der Waals surface area contributed by atoms with E-state index < -0.39 is 62.6 Å². The van der Waals surface area contributed by atoms with Crippen LogP contribution in [0.15, 0.2) is 37.1 Å². The van der Waals surface area contributed by atoms with Crippen molar-refractivity contribution in [3.8, 4) is 11.6 Å². The van der Waals surface area contributed by atoms with E-state index in [4.69, 9.17) is 14.2 Å². The van der Waals surface area contributed by atoms with Crippen molar-refractivity contribution in [2.45, 2.75) is 119 Å². The van der Waals surface area contributed by atoms with Crippen molar-refractivity contribution in [2.24, 2.45) is 11.8 Å². The van der Waals surface area contributed by atoms with Crippen molar-refractivity contribution < 1.29 is 41.8 Å². The highest BCUT2D eigenvalue weighted by Gasteiger charge is 2.62. The molecular formula is C41H54N6O9S. The van der Waals surface area contributed by atoms with Gasteiger partial charge in [0.2, 0.25) is 27.7 Å². The summed E-state index contributed by atoms with van der Waals surface area (Å²) in [4.78, 5) is 65.0. The van der Waals surface area contributed by atoms with Gasteiger partial charge < -0.3 is 34.6 Å². The molecule has 1 unspecified atom stereocenters. The topological polar surface area (TPSA) is 186 Å². The maximum atomic E-state index is 15.0. The summed E-state index contributed by atoms with van der Waals surface area (Å²) in [7, 11) is -2.26. The van der Waals surface area contributed by atoms with Crippen LogP contribution < -0.4 is 24.8 Å². The SMILES string of the molecule is C=CC1C[C@]1(NC(=O)[C@@H]1C[C@@H]2CN1C(=O)[C@H](C1CCCCC1)NC(=O)N1CCC[C@@H](C1)OCCCc1cc3c(nccc3cc1OC)O2)C(=O)NS(=O)(=O)C1CC1. The number of rotatable bonds is 8. The Morgan fingerprint density at radius 2 is 1.86 bits per heavy atom. The fourth-order valence-electron chi connectivity index (χ4n) is 9.27. The first-order chi connectivity index (χ1) is 27.5. The molecule has 5 fully saturated rings. The summed E-state index contributed by atoms with van der Waals surface area (Å²) < 4.78 is 46.5. The normalized spacial score (nSPS) is 30.0. The van der Waals surface area contributed by atoms with Gasteiger partial charge in [-0.1, -0.05) is 25.3 Å². The molecule has 15 nitrogen and oxygen atoms in total. The third kappa shape index (κ3) is 8.16. The Hall–Kier alpha value is -4.44. The van der Waals surface area contributed by atoms with E-state index in [2.05, 4.69) is 26.9 Å². The molecule has 1 aromatic heterocycles. The molecule has 2 saturated heterocycles. The van der Waals surface area contributed by atoms with Gasteiger partial charge in [-0.3, -0.25) is 19.1 Å². The lowest BCUT2D eigenvalue weighted by Gasteiger charge is -2.37. The molecule has 16 heteroatoms. The fraction of sp³-hybridized carbons (Fsp3) is 0.634. The first-order valence-corrected chi connectivity index (χ1v) is 22.1. The van der Waals surface area contributed by atoms with Gasteiger partial charge in [0.05, 0.1) is 25.0 Å². The van der Waals surface area contributed by atoms with Crippen LogP contribution >= 0.6 is 0 Å². The van der Waals surface area contributed by atoms with Crippen LogP contribution in [0.3, 0.4) is 0 Å². The van der Waals surface area contributed by atoms with E-state index in [0.717, 1.165) is 73.5 Å². The Labute approximate surface area is 333 Å². The van der Waals surface area contributed by atoms with Crippen molar-refractivity contribution >= 4 is 44.5 Å². The molecule has 3 saturated carbocycles. The Bertz CT molecular complexity index is 2020. The molecular weight excluding hydrogens is 753 g/mol. The number of carbonyl (C=O) groups is 4. The monoisotopic (exact) mass is 806 g/mol. The number of aromatic nitrogens is 1. The van der Waals surface area contributed by atoms with E-state index in [1.54, 1.807) is 18.2 Å². The first kappa shape index (κ1) is 39.4. The molecule has 57 heavy (non-hydrogen) atoms. The van der Waals surface area contributed by atoms with Crippen LogP contribution in [0.2, 0.25) is 0 Å². The van der Waals surface area contributed by atoms with Crippen LogP contribution in [-0.2, 0) is 35.6 Å². The Balaban J connectivity index is 1.14. The number of benzene rings is 1. The van der Waals surface area contributed by atoms with Crippen molar-refractivity contribution in [1.29, 1.82) is 0 Å². The molecule has 8 rings (SSSR count). The standard InChI is InChI=1S/C41H54N6O9S/c1-3-28-22-41(28,39(50)45-57(52,53)31-13-14-31)44-36(48)33-21-30-24-47(33)38(49)35(25-9-5-4-6-10-25)43-40(51)46-17-7-12-29(23-46)55-18-8-11-27-19-32-26(20-34(27)54-2)15-16-42-37(32)56-30/h3,15-16,19-20,25,28-31,33,35H,1,4-14,17-18,21-24H2,2H3,(H,43,51)(H,44,48)(H,45,50)/t28?,29-,30+,33-,35-,41+/m0/s1. The second-order valence-corrected chi connectivity index (χ2v) is 18.6. The average molecular weight is 807 g/mol. The molecule has 6 bridgehead atoms. The maximum absolute atomic E-state index is 15.0. The average Bonchev–Trinajstić information content (AvgIpc) is 4.15. The molecule has 0 spiro atoms. The van der Waals surface area contributed by atoms with Crippen molar-refractivity contribution in [1.82, 2.24) is 30.1 Å². The summed E-state index contributed by atoms with van der Waals surface area (Å²) in [6, 6.07) is 3.51. The highest BCUT2D eigenvalue weighted by molar-refractivity contribution is 7.91. The van der Waals surface area contributed by atoms with E-state index in [1.165, 1.54) is 11.0 Å². The van der Waals surface area contributed by atoms with Crippen molar-refractivity contribution in [2.75, 3.05) is 33.4 Å². The minimum absolute atomic E-state index is 0.0247. The molecule has 0 radical (unpaired) electrons. The molecule has 1 aromatic carbocycles. The molecule has 2 aromatic rings. The largest absolute Gasteiger partial charge is 0.496 e. The fourth-order valence-corrected chi connectivity index (χ4v) is 10.6. The minimum atomic E-state index is -3.89. The van der Waals surface area contributed by atoms with Gasteiger partial charge in [-0.05, 0) is 92.9 Å². The van der Waals surface area contributed by atoms with Gasteiger partial charge in [-0.2, -0.15) is 0 Å². The summed E-state index contributed by atoms with van der Waals surface area (Å²) in [5.41, 5.74) is -0.575. The number of nitrogens with one attached hydrogen (secondary N) is 3. The Kier molecular flexibility index (Phi) is 11.1. The predicted octanol–water partition coefficient (Wildman–Crippen LogP) is 3.35. The zero-order valence-electron chi connectivity index (χ0n) is 32.6. The van der Waals surface area contributed by atoms with Gasteiger partial charge in [-0.15, -0.1) is 6.58 Å². The van der Waals surface area contributed by atoms with E-state index in [1.807, 2.05) is 18.2 Å². The number of ether oxygens (including phenoxy) is 3. The number of methoxy groups -OCH3 is 1. The van der Waals surface area contributed by atoms with Gasteiger partial charge in [-0.25, -0.2) is 18.2 Å². The van der Waals surface area contributed by atoms with Gasteiger partial charge >= 0.3 is 6.03 Å². The van der Waals surface area contributed by atoms with Gasteiger partial charge in [0.15, 0.2) is 0 Å². The second kappa shape index (κ2) is 16.1. The van der Waals surface area contributed by atoms with Gasteiger partial charge in [0.25, 0.3) is 5.91 Å². The molecule has 5 amide bonds. The van der Waals surface area contributed by atoms with Gasteiger partial charge in [0.1, 0.15) is 29.5 Å². The number of piperidine rings is 1. The van der Waals surface area contributed by atoms with E-state index in [9.17, 15) is 22.8 Å². The number of pyridine rings is 1. The molecule has 6 atom stereocenters. The zero-order valence-corrected chi connectivity index (χ0v) is 33.4. The quantitative estimate of drug-likeness (QED) is 0.335. The van der Waals surface area contributed by atoms with E-state index in [0.29, 0.717) is 44.8 Å². The Morgan fingerprint density at radius 3 is 2.60 bits per heavy atom. The molecule has 3 N–H and O–H groups in total. The van der Waals surface area contributed by atoms with E-state index >= 15 is 4.79 Å². The van der Waals surface area contributed by atoms with Gasteiger partial charge in [0, 0.05) is 43.6 Å². The summed E-state index contributed by atoms with van der Waals surface area (Å²) in [5, 5.41) is 6.97. The number of fused-ring (bicyclic) bond motifs is 5. The summed E-state index contributed by atoms with van der Waals surface area (Å²) in [6.45, 7) is 5.30. The predicted molar refractivity (Wildman–Crippen MR) is 210 cm³/mol. The minimum Gasteiger partial charge on any atom is -0.496 e. The number of hydrogen-bond donors (Lipinski definition) is 3. The van der Waals surface area contributed by atoms with Crippen LogP contribution in [0.5, 0.6) is 11.6 Å². The molecule has 3 aliphatic heterocycles. The van der Waals surface area contributed by atoms with Crippen LogP contribution in [0.4, 0.5) is 4.79 Å². The summed E-state index contributed by atoms with van der Waals surface area (Å²) in [5.74, 6) is -1.38. The molecule has 3 aliphatic carbocycles. The first-order valence-electron chi connectivity index (χ1n) is 20.6. The lowest BCUT2D eigenvalue weighted by Crippen LogP contribution is -2.60. The number of aryl methyl sites for hydroxylation is 1. The molecule has 4 heterocycles. The number of carbonyl (C=O) groups excluding carboxylic acids is 4. The highest BCUT2D eigenvalue weighted by atomic mass is 32.2. The van der Waals surface area contributed by atoms with Crippen LogP contribution in [0, 0.1) is 11.8 Å². The van der Waals surface area contributed by atoms with Crippen LogP contribution in [-0.4, -0.2) is 115 Å². The van der Waals surface area contributed by atoms with Crippen molar-refractivity contribution in [3.63, 3.8) is 0 Å². The van der Waals surface area contributed by atoms with Crippen LogP contribution in [0.1, 0.15) is 82.6 Å². The van der Waals surface area contributed by atoms with E-state index in [-0.39, 0.29) is 37.4 Å². The van der Waals surface area contributed by atoms with Crippen molar-refractivity contribution in [3.05, 3.63) is 42.6 Å². The van der Waals surface area contributed by atoms with Crippen LogP contribution in [0.25, 0.3) is 10.8 Å². The summed E-state index contributed by atoms with van der Waals surface area (Å²) >= 11 is 0. The number of amides is 5. The number of urea groups is 1. The number of sulfonamides is 1. The maximum Gasteiger partial charge on any atom is 0.318 e. The number of nitrogens with zero attached hydrogens (tertiary/aromatic N) is 3. The third-order valence-electron chi connectivity index (χ3n) is 12.8. The lowest BCUT2D eigenvalue weighted by molar-refractivity contribution is -0.142. The molecule has 308 valence electrons. The molecule has 6 aliphatic rings. The second-order valence-electron chi connectivity index (χ2n) is 16.7. The Morgan fingerprint density at radius 1 is 1.05 bits per heavy atom. The summed E-state index contributed by atoms with van der Waals surface area (Å²) in [6.07, 6.45) is 10.9. The number of hydrogen-bond acceptors (Lipinski definition) is 10. The smallest absolute Gasteiger partial charge is 0.318 e. The zero-order chi connectivity index (χ0) is 39.9. The highest BCUT2D eigenvalue weighted by Crippen LogP contribution is 2.46. The third-order valence-corrected chi connectivity index (χ3v) is 14.6. The lowest BCUT2D eigenvalue weighted by atomic mass is 9.83.